The van der Waals surface area contributed by atoms with Crippen LogP contribution in [0, 0.1) is 11.3 Å². The number of rotatable bonds is 3. The van der Waals surface area contributed by atoms with Crippen molar-refractivity contribution in [1.29, 1.82) is 5.26 Å². The average Bonchev–Trinajstić information content (AvgIpc) is 2.14. The van der Waals surface area contributed by atoms with Gasteiger partial charge >= 0.3 is 5.97 Å². The number of nitrogens with zero attached hydrogens (tertiary/aromatic N) is 1. The molecule has 0 saturated carbocycles. The first-order valence-electron chi connectivity index (χ1n) is 3.32. The molecule has 0 amide bonds. The number of nitriles is 1. The molecule has 0 aromatic rings. The summed E-state index contributed by atoms with van der Waals surface area (Å²) in [6, 6.07) is 1.65. The minimum absolute atomic E-state index is 0.0865. The molecule has 0 bridgehead atoms. The van der Waals surface area contributed by atoms with Gasteiger partial charge < -0.3 is 5.11 Å². The van der Waals surface area contributed by atoms with E-state index in [1.54, 1.807) is 18.2 Å². The van der Waals surface area contributed by atoms with Crippen LogP contribution >= 0.6 is 0 Å². The molecule has 0 fully saturated rings. The monoisotopic (exact) mass is 177 g/mol. The zero-order chi connectivity index (χ0) is 10.7. The topological polar surface area (TPSA) is 61.1 Å². The van der Waals surface area contributed by atoms with Crippen LogP contribution in [0.25, 0.3) is 0 Å². The fourth-order valence-electron chi connectivity index (χ4n) is 0.209. The number of carboxylic acids is 1. The van der Waals surface area contributed by atoms with Gasteiger partial charge in [-0.25, -0.2) is 4.79 Å². The third kappa shape index (κ3) is 13.0. The van der Waals surface area contributed by atoms with Gasteiger partial charge in [-0.3, -0.25) is 0 Å². The third-order valence-corrected chi connectivity index (χ3v) is 0.800. The molecule has 0 aliphatic rings. The van der Waals surface area contributed by atoms with Crippen molar-refractivity contribution in [3.8, 4) is 6.07 Å². The Kier molecular flexibility index (Phi) is 10.3. The molecule has 13 heavy (non-hydrogen) atoms. The molecule has 0 atom stereocenters. The fraction of sp³-hybridized carbons (Fsp3) is 0. The predicted molar refractivity (Wildman–Crippen MR) is 51.9 cm³/mol. The molecule has 68 valence electrons. The SMILES string of the molecule is C=C(C=CC#N)C(=O)O.C=CC=C. The molecule has 3 nitrogen and oxygen atoms in total. The Morgan fingerprint density at radius 2 is 1.85 bits per heavy atom. The van der Waals surface area contributed by atoms with Crippen LogP contribution in [-0.2, 0) is 4.79 Å². The second-order valence-corrected chi connectivity index (χ2v) is 1.76. The van der Waals surface area contributed by atoms with Crippen LogP contribution in [0.2, 0.25) is 0 Å². The van der Waals surface area contributed by atoms with Crippen LogP contribution in [0.1, 0.15) is 0 Å². The first-order valence-corrected chi connectivity index (χ1v) is 3.32. The number of carbonyl (C=O) groups is 1. The molecule has 0 heterocycles. The number of carboxylic acid groups (broad SMARTS) is 1. The predicted octanol–water partition coefficient (Wildman–Crippen LogP) is 2.07. The quantitative estimate of drug-likeness (QED) is 0.407. The summed E-state index contributed by atoms with van der Waals surface area (Å²) in [6.45, 7) is 9.88. The number of hydrogen-bond acceptors (Lipinski definition) is 2. The van der Waals surface area contributed by atoms with Crippen LogP contribution in [0.5, 0.6) is 0 Å². The van der Waals surface area contributed by atoms with Crippen molar-refractivity contribution in [3.05, 3.63) is 49.6 Å². The van der Waals surface area contributed by atoms with Crippen molar-refractivity contribution in [2.75, 3.05) is 0 Å². The highest BCUT2D eigenvalue weighted by Crippen LogP contribution is 1.90. The van der Waals surface area contributed by atoms with Crippen molar-refractivity contribution < 1.29 is 9.90 Å². The summed E-state index contributed by atoms with van der Waals surface area (Å²) in [7, 11) is 0. The lowest BCUT2D eigenvalue weighted by atomic mass is 10.3. The van der Waals surface area contributed by atoms with Gasteiger partial charge in [-0.05, 0) is 6.08 Å². The molecular weight excluding hydrogens is 166 g/mol. The molecule has 0 rings (SSSR count). The van der Waals surface area contributed by atoms with E-state index in [4.69, 9.17) is 10.4 Å². The van der Waals surface area contributed by atoms with Crippen molar-refractivity contribution >= 4 is 5.97 Å². The highest BCUT2D eigenvalue weighted by molar-refractivity contribution is 5.89. The molecule has 3 heteroatoms. The lowest BCUT2D eigenvalue weighted by Gasteiger charge is -1.84. The van der Waals surface area contributed by atoms with E-state index < -0.39 is 5.97 Å². The van der Waals surface area contributed by atoms with E-state index in [0.29, 0.717) is 0 Å². The van der Waals surface area contributed by atoms with E-state index in [9.17, 15) is 4.79 Å². The third-order valence-electron chi connectivity index (χ3n) is 0.800. The lowest BCUT2D eigenvalue weighted by molar-refractivity contribution is -0.132. The van der Waals surface area contributed by atoms with E-state index >= 15 is 0 Å². The standard InChI is InChI=1S/C6H5NO2.C4H6/c1-5(6(8)9)3-2-4-7;1-3-4-2/h2-3H,1H2,(H,8,9);3-4H,1-2H2. The van der Waals surface area contributed by atoms with E-state index in [2.05, 4.69) is 19.7 Å². The van der Waals surface area contributed by atoms with Crippen molar-refractivity contribution in [2.24, 2.45) is 0 Å². The maximum atomic E-state index is 9.94. The van der Waals surface area contributed by atoms with Crippen molar-refractivity contribution in [1.82, 2.24) is 0 Å². The lowest BCUT2D eigenvalue weighted by Crippen LogP contribution is -1.94. The molecule has 0 aromatic carbocycles. The summed E-state index contributed by atoms with van der Waals surface area (Å²) < 4.78 is 0. The number of hydrogen-bond donors (Lipinski definition) is 1. The summed E-state index contributed by atoms with van der Waals surface area (Å²) in [5, 5.41) is 16.1. The van der Waals surface area contributed by atoms with Gasteiger partial charge in [0.05, 0.1) is 11.6 Å². The average molecular weight is 177 g/mol. The van der Waals surface area contributed by atoms with Crippen LogP contribution in [-0.4, -0.2) is 11.1 Å². The Morgan fingerprint density at radius 1 is 1.38 bits per heavy atom. The van der Waals surface area contributed by atoms with Gasteiger partial charge in [0.1, 0.15) is 0 Å². The van der Waals surface area contributed by atoms with Gasteiger partial charge in [0.15, 0.2) is 0 Å². The van der Waals surface area contributed by atoms with Crippen molar-refractivity contribution in [3.63, 3.8) is 0 Å². The zero-order valence-electron chi connectivity index (χ0n) is 7.23. The molecule has 0 aromatic heterocycles. The highest BCUT2D eigenvalue weighted by atomic mass is 16.4. The summed E-state index contributed by atoms with van der Waals surface area (Å²) >= 11 is 0. The molecule has 0 spiro atoms. The summed E-state index contributed by atoms with van der Waals surface area (Å²) in [5.74, 6) is -1.11. The molecule has 0 aliphatic heterocycles. The van der Waals surface area contributed by atoms with E-state index in [0.717, 1.165) is 12.2 Å². The minimum atomic E-state index is -1.11. The first kappa shape index (κ1) is 13.5. The molecule has 0 aliphatic carbocycles. The van der Waals surface area contributed by atoms with Gasteiger partial charge in [-0.2, -0.15) is 5.26 Å². The Balaban J connectivity index is 0. The highest BCUT2D eigenvalue weighted by Gasteiger charge is 1.95. The molecule has 1 N–H and O–H groups in total. The van der Waals surface area contributed by atoms with Gasteiger partial charge in [-0.15, -0.1) is 0 Å². The molecule has 0 radical (unpaired) electrons. The van der Waals surface area contributed by atoms with Crippen LogP contribution in [0.4, 0.5) is 0 Å². The summed E-state index contributed by atoms with van der Waals surface area (Å²) in [4.78, 5) is 9.94. The Labute approximate surface area is 77.6 Å². The Morgan fingerprint density at radius 3 is 2.08 bits per heavy atom. The van der Waals surface area contributed by atoms with E-state index in [1.165, 1.54) is 0 Å². The summed E-state index contributed by atoms with van der Waals surface area (Å²) in [6.07, 6.45) is 5.48. The number of allylic oxidation sites excluding steroid dienone is 3. The van der Waals surface area contributed by atoms with Crippen molar-refractivity contribution in [2.45, 2.75) is 0 Å². The molecular formula is C10H11NO2. The maximum Gasteiger partial charge on any atom is 0.335 e. The Hall–Kier alpha value is -2.08. The first-order chi connectivity index (χ1) is 6.09. The molecule has 0 unspecified atom stereocenters. The van der Waals surface area contributed by atoms with Gasteiger partial charge in [0.25, 0.3) is 0 Å². The number of aliphatic carboxylic acids is 1. The molecule has 0 saturated heterocycles. The summed E-state index contributed by atoms with van der Waals surface area (Å²) in [5.41, 5.74) is -0.0865. The normalized spacial score (nSPS) is 7.62. The van der Waals surface area contributed by atoms with Crippen LogP contribution in [0.3, 0.4) is 0 Å². The maximum absolute atomic E-state index is 9.94. The zero-order valence-corrected chi connectivity index (χ0v) is 7.23. The van der Waals surface area contributed by atoms with Crippen LogP contribution in [0.15, 0.2) is 49.6 Å². The van der Waals surface area contributed by atoms with E-state index in [1.807, 2.05) is 0 Å². The largest absolute Gasteiger partial charge is 0.478 e. The van der Waals surface area contributed by atoms with E-state index in [-0.39, 0.29) is 5.57 Å². The Bertz CT molecular complexity index is 263. The smallest absolute Gasteiger partial charge is 0.335 e. The fourth-order valence-corrected chi connectivity index (χ4v) is 0.209. The van der Waals surface area contributed by atoms with Gasteiger partial charge in [-0.1, -0.05) is 31.9 Å². The van der Waals surface area contributed by atoms with Gasteiger partial charge in [0.2, 0.25) is 0 Å². The second kappa shape index (κ2) is 9.92. The second-order valence-electron chi connectivity index (χ2n) is 1.76. The van der Waals surface area contributed by atoms with Crippen LogP contribution < -0.4 is 0 Å². The minimum Gasteiger partial charge on any atom is -0.478 e. The van der Waals surface area contributed by atoms with Gasteiger partial charge in [0, 0.05) is 6.08 Å².